The number of halogens is 2. The van der Waals surface area contributed by atoms with Gasteiger partial charge in [0.25, 0.3) is 5.91 Å². The van der Waals surface area contributed by atoms with E-state index in [4.69, 9.17) is 4.74 Å². The van der Waals surface area contributed by atoms with E-state index in [9.17, 15) is 4.79 Å². The summed E-state index contributed by atoms with van der Waals surface area (Å²) >= 11 is 6.96. The highest BCUT2D eigenvalue weighted by molar-refractivity contribution is 9.11. The number of amides is 1. The molecule has 3 aromatic carbocycles. The number of hydrogen-bond donors (Lipinski definition) is 1. The molecule has 0 spiro atoms. The number of carbonyl (C=O) groups excluding carboxylic acids is 1. The highest BCUT2D eigenvalue weighted by Crippen LogP contribution is 2.23. The number of nitrogens with zero attached hydrogens (tertiary/aromatic N) is 1. The fourth-order valence-corrected chi connectivity index (χ4v) is 3.43. The lowest BCUT2D eigenvalue weighted by atomic mass is 10.2. The molecule has 0 aliphatic rings. The first-order valence-electron chi connectivity index (χ1n) is 8.17. The van der Waals surface area contributed by atoms with Crippen LogP contribution in [0.5, 0.6) is 5.75 Å². The van der Waals surface area contributed by atoms with Gasteiger partial charge in [0.1, 0.15) is 12.4 Å². The van der Waals surface area contributed by atoms with Crippen LogP contribution in [-0.2, 0) is 6.61 Å². The molecule has 0 fully saturated rings. The molecule has 0 radical (unpaired) electrons. The van der Waals surface area contributed by atoms with Crippen molar-refractivity contribution < 1.29 is 9.53 Å². The van der Waals surface area contributed by atoms with Crippen molar-refractivity contribution >= 4 is 44.0 Å². The predicted octanol–water partition coefficient (Wildman–Crippen LogP) is 5.55. The second-order valence-electron chi connectivity index (χ2n) is 5.66. The molecule has 27 heavy (non-hydrogen) atoms. The molecule has 0 bridgehead atoms. The summed E-state index contributed by atoms with van der Waals surface area (Å²) in [4.78, 5) is 11.9. The van der Waals surface area contributed by atoms with Gasteiger partial charge in [-0.3, -0.25) is 4.79 Å². The largest absolute Gasteiger partial charge is 0.489 e. The van der Waals surface area contributed by atoms with Crippen molar-refractivity contribution in [2.24, 2.45) is 5.10 Å². The van der Waals surface area contributed by atoms with Gasteiger partial charge in [0.15, 0.2) is 0 Å². The van der Waals surface area contributed by atoms with Gasteiger partial charge in [-0.2, -0.15) is 5.10 Å². The van der Waals surface area contributed by atoms with E-state index < -0.39 is 0 Å². The molecule has 1 N–H and O–H groups in total. The third-order valence-electron chi connectivity index (χ3n) is 3.71. The summed E-state index contributed by atoms with van der Waals surface area (Å²) in [5, 5.41) is 3.98. The van der Waals surface area contributed by atoms with Gasteiger partial charge in [0.2, 0.25) is 0 Å². The number of carbonyl (C=O) groups is 1. The van der Waals surface area contributed by atoms with Crippen LogP contribution in [0.2, 0.25) is 0 Å². The Morgan fingerprint density at radius 1 is 1.00 bits per heavy atom. The van der Waals surface area contributed by atoms with Crippen LogP contribution in [0.1, 0.15) is 21.5 Å². The predicted molar refractivity (Wildman–Crippen MR) is 114 cm³/mol. The minimum absolute atomic E-state index is 0.244. The number of ether oxygens (including phenoxy) is 1. The summed E-state index contributed by atoms with van der Waals surface area (Å²) in [5.74, 6) is 0.516. The number of nitrogens with one attached hydrogen (secondary N) is 1. The highest BCUT2D eigenvalue weighted by atomic mass is 79.9. The fourth-order valence-electron chi connectivity index (χ4n) is 2.27. The molecule has 3 aromatic rings. The zero-order chi connectivity index (χ0) is 19.1. The second kappa shape index (κ2) is 9.48. The summed E-state index contributed by atoms with van der Waals surface area (Å²) in [6.45, 7) is 0.467. The van der Waals surface area contributed by atoms with Crippen LogP contribution in [0, 0.1) is 0 Å². The second-order valence-corrected chi connectivity index (χ2v) is 7.43. The maximum atomic E-state index is 11.9. The molecule has 0 aromatic heterocycles. The van der Waals surface area contributed by atoms with E-state index >= 15 is 0 Å². The van der Waals surface area contributed by atoms with Gasteiger partial charge in [-0.25, -0.2) is 5.43 Å². The Balaban J connectivity index is 1.53. The number of rotatable bonds is 6. The lowest BCUT2D eigenvalue weighted by Crippen LogP contribution is -2.17. The molecule has 6 heteroatoms. The minimum Gasteiger partial charge on any atom is -0.489 e. The van der Waals surface area contributed by atoms with Gasteiger partial charge < -0.3 is 4.74 Å². The van der Waals surface area contributed by atoms with Crippen LogP contribution in [0.15, 0.2) is 86.8 Å². The Labute approximate surface area is 174 Å². The van der Waals surface area contributed by atoms with Crippen molar-refractivity contribution in [3.63, 3.8) is 0 Å². The molecular weight excluding hydrogens is 472 g/mol. The Hall–Kier alpha value is -2.44. The molecule has 0 saturated carbocycles. The summed E-state index contributed by atoms with van der Waals surface area (Å²) in [7, 11) is 0. The minimum atomic E-state index is -0.244. The van der Waals surface area contributed by atoms with Crippen LogP contribution in [0.4, 0.5) is 0 Å². The zero-order valence-electron chi connectivity index (χ0n) is 14.2. The van der Waals surface area contributed by atoms with E-state index in [0.717, 1.165) is 25.8 Å². The summed E-state index contributed by atoms with van der Waals surface area (Å²) in [6.07, 6.45) is 1.59. The van der Waals surface area contributed by atoms with Crippen LogP contribution in [-0.4, -0.2) is 12.1 Å². The standard InChI is InChI=1S/C21H16Br2N2O2/c22-18-9-8-17(20(23)12-18)14-27-19-10-6-15(7-11-19)13-24-25-21(26)16-4-2-1-3-5-16/h1-13H,14H2,(H,25,26)/b24-13-. The lowest BCUT2D eigenvalue weighted by Gasteiger charge is -2.08. The fraction of sp³-hybridized carbons (Fsp3) is 0.0476. The van der Waals surface area contributed by atoms with Crippen LogP contribution < -0.4 is 10.2 Å². The molecule has 4 nitrogen and oxygen atoms in total. The molecule has 3 rings (SSSR count). The van der Waals surface area contributed by atoms with Crippen LogP contribution in [0.25, 0.3) is 0 Å². The summed E-state index contributed by atoms with van der Waals surface area (Å²) in [6, 6.07) is 22.4. The third kappa shape index (κ3) is 5.77. The van der Waals surface area contributed by atoms with Gasteiger partial charge in [-0.15, -0.1) is 0 Å². The summed E-state index contributed by atoms with van der Waals surface area (Å²) < 4.78 is 7.82. The van der Waals surface area contributed by atoms with Crippen LogP contribution in [0.3, 0.4) is 0 Å². The van der Waals surface area contributed by atoms with E-state index in [-0.39, 0.29) is 5.91 Å². The molecule has 0 aliphatic carbocycles. The SMILES string of the molecule is O=C(N/N=C\c1ccc(OCc2ccc(Br)cc2Br)cc1)c1ccccc1. The number of hydrogen-bond acceptors (Lipinski definition) is 3. The molecule has 136 valence electrons. The third-order valence-corrected chi connectivity index (χ3v) is 4.94. The van der Waals surface area contributed by atoms with E-state index in [1.807, 2.05) is 60.7 Å². The van der Waals surface area contributed by atoms with Crippen molar-refractivity contribution in [1.82, 2.24) is 5.43 Å². The molecule has 0 saturated heterocycles. The average molecular weight is 488 g/mol. The van der Waals surface area contributed by atoms with E-state index in [1.165, 1.54) is 0 Å². The Morgan fingerprint density at radius 3 is 2.44 bits per heavy atom. The smallest absolute Gasteiger partial charge is 0.271 e. The Kier molecular flexibility index (Phi) is 6.79. The van der Waals surface area contributed by atoms with Crippen molar-refractivity contribution in [1.29, 1.82) is 0 Å². The normalized spacial score (nSPS) is 10.7. The Bertz CT molecular complexity index is 942. The quantitative estimate of drug-likeness (QED) is 0.365. The van der Waals surface area contributed by atoms with Crippen molar-refractivity contribution in [3.05, 3.63) is 98.4 Å². The van der Waals surface area contributed by atoms with Gasteiger partial charge in [0.05, 0.1) is 6.21 Å². The molecule has 0 atom stereocenters. The number of hydrazone groups is 1. The van der Waals surface area contributed by atoms with Crippen LogP contribution >= 0.6 is 31.9 Å². The van der Waals surface area contributed by atoms with E-state index in [2.05, 4.69) is 42.4 Å². The average Bonchev–Trinajstić information content (AvgIpc) is 2.69. The zero-order valence-corrected chi connectivity index (χ0v) is 17.4. The first-order chi connectivity index (χ1) is 13.1. The monoisotopic (exact) mass is 486 g/mol. The summed E-state index contributed by atoms with van der Waals surface area (Å²) in [5.41, 5.74) is 5.00. The van der Waals surface area contributed by atoms with E-state index in [0.29, 0.717) is 12.2 Å². The molecular formula is C21H16Br2N2O2. The highest BCUT2D eigenvalue weighted by Gasteiger charge is 2.03. The van der Waals surface area contributed by atoms with E-state index in [1.54, 1.807) is 18.3 Å². The molecule has 0 unspecified atom stereocenters. The first kappa shape index (κ1) is 19.3. The van der Waals surface area contributed by atoms with Gasteiger partial charge in [0, 0.05) is 20.1 Å². The maximum Gasteiger partial charge on any atom is 0.271 e. The Morgan fingerprint density at radius 2 is 1.74 bits per heavy atom. The van der Waals surface area contributed by atoms with Crippen molar-refractivity contribution in [2.75, 3.05) is 0 Å². The van der Waals surface area contributed by atoms with Gasteiger partial charge in [-0.1, -0.05) is 56.1 Å². The van der Waals surface area contributed by atoms with Crippen molar-refractivity contribution in [3.8, 4) is 5.75 Å². The van der Waals surface area contributed by atoms with Gasteiger partial charge in [-0.05, 0) is 54.1 Å². The van der Waals surface area contributed by atoms with Crippen molar-refractivity contribution in [2.45, 2.75) is 6.61 Å². The first-order valence-corrected chi connectivity index (χ1v) is 9.76. The molecule has 0 heterocycles. The van der Waals surface area contributed by atoms with Gasteiger partial charge >= 0.3 is 0 Å². The molecule has 1 amide bonds. The molecule has 0 aliphatic heterocycles. The number of benzene rings is 3. The maximum absolute atomic E-state index is 11.9. The lowest BCUT2D eigenvalue weighted by molar-refractivity contribution is 0.0955. The topological polar surface area (TPSA) is 50.7 Å².